The predicted molar refractivity (Wildman–Crippen MR) is 151 cm³/mol. The Hall–Kier alpha value is -3.15. The Morgan fingerprint density at radius 3 is 2.10 bits per heavy atom. The number of amides is 4. The number of rotatable bonds is 7. The monoisotopic (exact) mass is 590 g/mol. The van der Waals surface area contributed by atoms with E-state index in [2.05, 4.69) is 15.4 Å². The highest BCUT2D eigenvalue weighted by atomic mass is 32.2. The molecule has 2 saturated carbocycles. The number of fused-ring (bicyclic) bond motifs is 1. The smallest absolute Gasteiger partial charge is 0.408 e. The van der Waals surface area contributed by atoms with Gasteiger partial charge in [-0.05, 0) is 68.4 Å². The van der Waals surface area contributed by atoms with E-state index in [0.29, 0.717) is 6.54 Å². The molecule has 0 bridgehead atoms. The van der Waals surface area contributed by atoms with Crippen molar-refractivity contribution in [1.29, 1.82) is 0 Å². The molecule has 11 nitrogen and oxygen atoms in total. The van der Waals surface area contributed by atoms with Crippen LogP contribution in [0.1, 0.15) is 68.2 Å². The number of benzene rings is 1. The molecule has 3 fully saturated rings. The van der Waals surface area contributed by atoms with Gasteiger partial charge in [-0.2, -0.15) is 0 Å². The summed E-state index contributed by atoms with van der Waals surface area (Å²) in [6, 6.07) is 5.68. The number of piperidine rings is 1. The summed E-state index contributed by atoms with van der Waals surface area (Å²) in [5.41, 5.74) is -3.02. The molecule has 1 saturated heterocycles. The zero-order valence-corrected chi connectivity index (χ0v) is 25.8. The van der Waals surface area contributed by atoms with Crippen LogP contribution in [-0.2, 0) is 29.1 Å². The van der Waals surface area contributed by atoms with Crippen LogP contribution in [0.5, 0.6) is 0 Å². The van der Waals surface area contributed by atoms with E-state index < -0.39 is 62.5 Å². The molecule has 1 aromatic carbocycles. The maximum atomic E-state index is 14.0. The van der Waals surface area contributed by atoms with Crippen LogP contribution in [-0.4, -0.2) is 66.9 Å². The quantitative estimate of drug-likeness (QED) is 0.442. The normalized spacial score (nSPS) is 24.9. The van der Waals surface area contributed by atoms with Crippen LogP contribution in [0.25, 0.3) is 0 Å². The van der Waals surface area contributed by atoms with Crippen LogP contribution in [0.4, 0.5) is 4.79 Å². The van der Waals surface area contributed by atoms with Crippen LogP contribution in [0.3, 0.4) is 0 Å². The van der Waals surface area contributed by atoms with Crippen molar-refractivity contribution >= 4 is 33.8 Å². The van der Waals surface area contributed by atoms with E-state index >= 15 is 0 Å². The van der Waals surface area contributed by atoms with Gasteiger partial charge in [0.05, 0.1) is 4.90 Å². The van der Waals surface area contributed by atoms with E-state index in [1.165, 1.54) is 17.0 Å². The van der Waals surface area contributed by atoms with Crippen LogP contribution in [0, 0.1) is 22.7 Å². The van der Waals surface area contributed by atoms with Gasteiger partial charge in [0.25, 0.3) is 15.9 Å². The molecule has 1 aliphatic heterocycles. The molecule has 0 aromatic heterocycles. The maximum Gasteiger partial charge on any atom is 0.408 e. The van der Waals surface area contributed by atoms with Gasteiger partial charge in [0.2, 0.25) is 11.8 Å². The lowest BCUT2D eigenvalue weighted by atomic mass is 9.85. The van der Waals surface area contributed by atoms with E-state index in [9.17, 15) is 27.6 Å². The molecule has 3 N–H and O–H groups in total. The second-order valence-corrected chi connectivity index (χ2v) is 15.8. The van der Waals surface area contributed by atoms with Crippen molar-refractivity contribution < 1.29 is 32.3 Å². The Balaban J connectivity index is 1.53. The molecule has 0 spiro atoms. The maximum absolute atomic E-state index is 14.0. The molecule has 0 radical (unpaired) electrons. The largest absolute Gasteiger partial charge is 0.444 e. The number of likely N-dealkylation sites (tertiary alicyclic amines) is 1. The van der Waals surface area contributed by atoms with E-state index in [4.69, 9.17) is 4.74 Å². The van der Waals surface area contributed by atoms with Crippen LogP contribution >= 0.6 is 0 Å². The molecule has 2 aliphatic carbocycles. The summed E-state index contributed by atoms with van der Waals surface area (Å²) in [5, 5.41) is 5.50. The highest BCUT2D eigenvalue weighted by Gasteiger charge is 2.70. The van der Waals surface area contributed by atoms with Crippen molar-refractivity contribution in [3.05, 3.63) is 30.3 Å². The molecule has 1 heterocycles. The van der Waals surface area contributed by atoms with Gasteiger partial charge in [0.15, 0.2) is 0 Å². The number of hydrogen-bond acceptors (Lipinski definition) is 7. The summed E-state index contributed by atoms with van der Waals surface area (Å²) in [6.45, 7) is 15.0. The van der Waals surface area contributed by atoms with Crippen molar-refractivity contribution in [2.24, 2.45) is 22.7 Å². The fourth-order valence-electron chi connectivity index (χ4n) is 5.78. The van der Waals surface area contributed by atoms with Crippen molar-refractivity contribution in [3.63, 3.8) is 0 Å². The summed E-state index contributed by atoms with van der Waals surface area (Å²) in [4.78, 5) is 55.0. The molecular formula is C29H42N4O7S. The molecule has 12 heteroatoms. The van der Waals surface area contributed by atoms with Gasteiger partial charge < -0.3 is 20.3 Å². The molecule has 4 amide bonds. The minimum Gasteiger partial charge on any atom is -0.444 e. The Morgan fingerprint density at radius 1 is 1.00 bits per heavy atom. The van der Waals surface area contributed by atoms with Crippen molar-refractivity contribution in [3.8, 4) is 0 Å². The summed E-state index contributed by atoms with van der Waals surface area (Å²) in [7, 11) is -4.12. The molecule has 226 valence electrons. The summed E-state index contributed by atoms with van der Waals surface area (Å²) in [5.74, 6) is -1.79. The molecule has 4 rings (SSSR count). The number of nitrogens with zero attached hydrogens (tertiary/aromatic N) is 1. The third-order valence-corrected chi connectivity index (χ3v) is 9.71. The zero-order chi connectivity index (χ0) is 30.8. The van der Waals surface area contributed by atoms with Crippen LogP contribution < -0.4 is 15.4 Å². The van der Waals surface area contributed by atoms with Gasteiger partial charge in [0, 0.05) is 6.54 Å². The first-order chi connectivity index (χ1) is 18.7. The van der Waals surface area contributed by atoms with Crippen molar-refractivity contribution in [2.45, 2.75) is 96.4 Å². The number of hydrogen-bond donors (Lipinski definition) is 3. The van der Waals surface area contributed by atoms with Gasteiger partial charge in [-0.3, -0.25) is 14.4 Å². The minimum atomic E-state index is -4.12. The number of ether oxygens (including phenoxy) is 1. The number of carbonyl (C=O) groups excluding carboxylic acids is 4. The molecule has 41 heavy (non-hydrogen) atoms. The third-order valence-electron chi connectivity index (χ3n) is 8.36. The Bertz CT molecular complexity index is 1340. The number of nitrogens with one attached hydrogen (secondary N) is 3. The van der Waals surface area contributed by atoms with Gasteiger partial charge in [-0.15, -0.1) is 0 Å². The van der Waals surface area contributed by atoms with Gasteiger partial charge in [0.1, 0.15) is 23.2 Å². The lowest BCUT2D eigenvalue weighted by Crippen LogP contribution is -2.61. The number of sulfonamides is 1. The zero-order valence-electron chi connectivity index (χ0n) is 25.0. The first kappa shape index (κ1) is 30.8. The summed E-state index contributed by atoms with van der Waals surface area (Å²) in [6.07, 6.45) is -0.180. The summed E-state index contributed by atoms with van der Waals surface area (Å²) >= 11 is 0. The first-order valence-electron chi connectivity index (χ1n) is 13.9. The van der Waals surface area contributed by atoms with E-state index in [-0.39, 0.29) is 35.0 Å². The lowest BCUT2D eigenvalue weighted by Gasteiger charge is -2.38. The van der Waals surface area contributed by atoms with E-state index in [1.807, 2.05) is 34.6 Å². The predicted octanol–water partition coefficient (Wildman–Crippen LogP) is 2.56. The fraction of sp³-hybridized carbons (Fsp3) is 0.655. The van der Waals surface area contributed by atoms with Crippen molar-refractivity contribution in [1.82, 2.24) is 20.3 Å². The average molecular weight is 591 g/mol. The molecule has 4 atom stereocenters. The lowest BCUT2D eigenvalue weighted by molar-refractivity contribution is -0.144. The van der Waals surface area contributed by atoms with E-state index in [1.54, 1.807) is 39.0 Å². The third kappa shape index (κ3) is 6.22. The van der Waals surface area contributed by atoms with Crippen molar-refractivity contribution in [2.75, 3.05) is 6.54 Å². The second-order valence-electron chi connectivity index (χ2n) is 14.2. The van der Waals surface area contributed by atoms with Crippen LogP contribution in [0.15, 0.2) is 35.2 Å². The SMILES string of the molecule is CC(C)(C)OC(=O)NC(C(=O)N1C[C@H]2[C@@H]([C@H]1C(=O)NC1(C(=O)NS(=O)(=O)c3ccccc3)CC1)C2(C)C)C(C)(C)C. The highest BCUT2D eigenvalue weighted by Crippen LogP contribution is 2.65. The topological polar surface area (TPSA) is 151 Å². The Morgan fingerprint density at radius 2 is 1.59 bits per heavy atom. The van der Waals surface area contributed by atoms with Gasteiger partial charge in [-0.1, -0.05) is 52.8 Å². The minimum absolute atomic E-state index is 0.0590. The molecular weight excluding hydrogens is 548 g/mol. The Labute approximate surface area is 242 Å². The summed E-state index contributed by atoms with van der Waals surface area (Å²) < 4.78 is 33.0. The fourth-order valence-corrected chi connectivity index (χ4v) is 6.85. The first-order valence-corrected chi connectivity index (χ1v) is 15.4. The molecule has 3 aliphatic rings. The molecule has 1 unspecified atom stereocenters. The standard InChI is InChI=1S/C29H42N4O7S/c1-26(2,3)21(30-25(37)40-27(4,5)6)23(35)33-16-18-19(28(18,7)8)20(33)22(34)31-29(14-15-29)24(36)32-41(38,39)17-12-10-9-11-13-17/h9-13,18-21H,14-16H2,1-8H3,(H,30,37)(H,31,34)(H,32,36)/t18-,19-,20-,21?/m0/s1. The van der Waals surface area contributed by atoms with Gasteiger partial charge >= 0.3 is 6.09 Å². The van der Waals surface area contributed by atoms with Gasteiger partial charge in [-0.25, -0.2) is 17.9 Å². The van der Waals surface area contributed by atoms with E-state index in [0.717, 1.165) is 0 Å². The highest BCUT2D eigenvalue weighted by molar-refractivity contribution is 7.90. The average Bonchev–Trinajstić information content (AvgIpc) is 3.65. The molecule has 1 aromatic rings. The number of carbonyl (C=O) groups is 4. The number of alkyl carbamates (subject to hydrolysis) is 1. The Kier molecular flexibility index (Phi) is 7.51. The second kappa shape index (κ2) is 9.99. The van der Waals surface area contributed by atoms with Crippen LogP contribution in [0.2, 0.25) is 0 Å².